The van der Waals surface area contributed by atoms with Gasteiger partial charge >= 0.3 is 0 Å². The number of carbonyl (C=O) groups is 2. The van der Waals surface area contributed by atoms with E-state index in [-0.39, 0.29) is 23.6 Å². The smallest absolute Gasteiger partial charge is 0.276 e. The molecule has 0 bridgehead atoms. The molecule has 142 valence electrons. The number of halogens is 1. The number of nitrogens with zero attached hydrogens (tertiary/aromatic N) is 1. The zero-order valence-corrected chi connectivity index (χ0v) is 15.8. The second-order valence-electron chi connectivity index (χ2n) is 5.12. The molecule has 0 saturated heterocycles. The molecule has 0 saturated carbocycles. The zero-order valence-electron chi connectivity index (χ0n) is 14.2. The van der Waals surface area contributed by atoms with Crippen molar-refractivity contribution in [1.82, 2.24) is 10.9 Å². The molecule has 0 aliphatic heterocycles. The Morgan fingerprint density at radius 3 is 2.44 bits per heavy atom. The van der Waals surface area contributed by atoms with Crippen molar-refractivity contribution in [3.8, 4) is 11.5 Å². The summed E-state index contributed by atoms with van der Waals surface area (Å²) in [4.78, 5) is 34.1. The van der Waals surface area contributed by atoms with E-state index in [1.807, 2.05) is 0 Å². The summed E-state index contributed by atoms with van der Waals surface area (Å²) in [7, 11) is 0. The van der Waals surface area contributed by atoms with E-state index in [2.05, 4.69) is 26.8 Å². The Balaban J connectivity index is 1.87. The fourth-order valence-corrected chi connectivity index (χ4v) is 2.36. The van der Waals surface area contributed by atoms with Crippen molar-refractivity contribution in [2.24, 2.45) is 0 Å². The van der Waals surface area contributed by atoms with E-state index >= 15 is 0 Å². The summed E-state index contributed by atoms with van der Waals surface area (Å²) in [6.07, 6.45) is 0. The fourth-order valence-electron chi connectivity index (χ4n) is 2.00. The summed E-state index contributed by atoms with van der Waals surface area (Å²) in [6, 6.07) is 10.2. The Kier molecular flexibility index (Phi) is 7.12. The summed E-state index contributed by atoms with van der Waals surface area (Å²) in [5.74, 6) is -0.486. The van der Waals surface area contributed by atoms with Crippen LogP contribution in [0.15, 0.2) is 46.9 Å². The van der Waals surface area contributed by atoms with E-state index in [0.29, 0.717) is 16.8 Å². The molecule has 0 unspecified atom stereocenters. The number of carbonyl (C=O) groups excluding carboxylic acids is 2. The van der Waals surface area contributed by atoms with Crippen LogP contribution in [-0.2, 0) is 4.79 Å². The highest BCUT2D eigenvalue weighted by Crippen LogP contribution is 2.23. The molecular formula is C17H16BrN3O6. The average molecular weight is 438 g/mol. The average Bonchev–Trinajstić information content (AvgIpc) is 2.66. The first-order valence-corrected chi connectivity index (χ1v) is 8.58. The minimum atomic E-state index is -0.602. The second kappa shape index (κ2) is 9.53. The highest BCUT2D eigenvalue weighted by molar-refractivity contribution is 9.10. The van der Waals surface area contributed by atoms with Crippen molar-refractivity contribution >= 4 is 33.4 Å². The van der Waals surface area contributed by atoms with Crippen molar-refractivity contribution in [3.63, 3.8) is 0 Å². The Bertz CT molecular complexity index is 841. The third-order valence-electron chi connectivity index (χ3n) is 3.22. The van der Waals surface area contributed by atoms with E-state index in [1.165, 1.54) is 24.3 Å². The fraction of sp³-hybridized carbons (Fsp3) is 0.176. The van der Waals surface area contributed by atoms with Crippen LogP contribution in [0.1, 0.15) is 17.3 Å². The number of benzene rings is 2. The molecule has 0 aliphatic carbocycles. The maximum atomic E-state index is 12.2. The van der Waals surface area contributed by atoms with Crippen molar-refractivity contribution in [1.29, 1.82) is 0 Å². The quantitative estimate of drug-likeness (QED) is 0.507. The lowest BCUT2D eigenvalue weighted by Crippen LogP contribution is -2.43. The monoisotopic (exact) mass is 437 g/mol. The lowest BCUT2D eigenvalue weighted by molar-refractivity contribution is -0.384. The maximum absolute atomic E-state index is 12.2. The third-order valence-corrected chi connectivity index (χ3v) is 3.71. The van der Waals surface area contributed by atoms with Crippen molar-refractivity contribution in [2.45, 2.75) is 6.92 Å². The molecular weight excluding hydrogens is 422 g/mol. The van der Waals surface area contributed by atoms with E-state index in [0.717, 1.165) is 0 Å². The molecule has 2 aromatic carbocycles. The van der Waals surface area contributed by atoms with Crippen LogP contribution in [0.5, 0.6) is 11.5 Å². The van der Waals surface area contributed by atoms with Gasteiger partial charge in [0.15, 0.2) is 6.61 Å². The zero-order chi connectivity index (χ0) is 19.8. The Morgan fingerprint density at radius 2 is 1.81 bits per heavy atom. The Morgan fingerprint density at radius 1 is 1.11 bits per heavy atom. The SMILES string of the molecule is CCOc1ccc(Br)cc1C(=O)NNC(=O)COc1ccc([N+](=O)[O-])cc1. The van der Waals surface area contributed by atoms with Gasteiger partial charge in [-0.2, -0.15) is 0 Å². The molecule has 0 radical (unpaired) electrons. The molecule has 0 fully saturated rings. The highest BCUT2D eigenvalue weighted by Gasteiger charge is 2.14. The lowest BCUT2D eigenvalue weighted by Gasteiger charge is -2.12. The van der Waals surface area contributed by atoms with Gasteiger partial charge < -0.3 is 9.47 Å². The minimum Gasteiger partial charge on any atom is -0.493 e. The van der Waals surface area contributed by atoms with Gasteiger partial charge in [-0.05, 0) is 37.3 Å². The molecule has 2 N–H and O–H groups in total. The first-order chi connectivity index (χ1) is 12.9. The highest BCUT2D eigenvalue weighted by atomic mass is 79.9. The van der Waals surface area contributed by atoms with Gasteiger partial charge in [0.25, 0.3) is 17.5 Å². The van der Waals surface area contributed by atoms with Crippen molar-refractivity contribution in [2.75, 3.05) is 13.2 Å². The molecule has 0 aromatic heterocycles. The molecule has 2 aromatic rings. The van der Waals surface area contributed by atoms with E-state index in [9.17, 15) is 19.7 Å². The lowest BCUT2D eigenvalue weighted by atomic mass is 10.2. The van der Waals surface area contributed by atoms with Gasteiger partial charge in [0.05, 0.1) is 17.1 Å². The standard InChI is InChI=1S/C17H16BrN3O6/c1-2-26-15-8-3-11(18)9-14(15)17(23)20-19-16(22)10-27-13-6-4-12(5-7-13)21(24)25/h3-9H,2,10H2,1H3,(H,19,22)(H,20,23). The number of hydrazine groups is 1. The number of ether oxygens (including phenoxy) is 2. The molecule has 0 atom stereocenters. The number of nitrogens with one attached hydrogen (secondary N) is 2. The van der Waals surface area contributed by atoms with Crippen LogP contribution in [0.3, 0.4) is 0 Å². The van der Waals surface area contributed by atoms with Crippen LogP contribution in [-0.4, -0.2) is 30.0 Å². The number of nitro benzene ring substituents is 1. The summed E-state index contributed by atoms with van der Waals surface area (Å²) < 4.78 is 11.3. The predicted molar refractivity (Wildman–Crippen MR) is 99.5 cm³/mol. The van der Waals surface area contributed by atoms with Gasteiger partial charge in [0, 0.05) is 16.6 Å². The van der Waals surface area contributed by atoms with Gasteiger partial charge in [-0.1, -0.05) is 15.9 Å². The van der Waals surface area contributed by atoms with Gasteiger partial charge in [0.1, 0.15) is 11.5 Å². The number of rotatable bonds is 7. The molecule has 2 rings (SSSR count). The maximum Gasteiger partial charge on any atom is 0.276 e. The first kappa shape index (κ1) is 20.2. The first-order valence-electron chi connectivity index (χ1n) is 7.79. The van der Waals surface area contributed by atoms with E-state index < -0.39 is 16.7 Å². The van der Waals surface area contributed by atoms with E-state index in [4.69, 9.17) is 9.47 Å². The van der Waals surface area contributed by atoms with Gasteiger partial charge in [-0.3, -0.25) is 30.6 Å². The molecule has 0 heterocycles. The van der Waals surface area contributed by atoms with Crippen molar-refractivity contribution < 1.29 is 24.0 Å². The van der Waals surface area contributed by atoms with Crippen LogP contribution in [0.2, 0.25) is 0 Å². The molecule has 10 heteroatoms. The molecule has 9 nitrogen and oxygen atoms in total. The molecule has 2 amide bonds. The minimum absolute atomic E-state index is 0.0850. The number of hydrogen-bond acceptors (Lipinski definition) is 6. The van der Waals surface area contributed by atoms with Crippen LogP contribution >= 0.6 is 15.9 Å². The largest absolute Gasteiger partial charge is 0.493 e. The second-order valence-corrected chi connectivity index (χ2v) is 6.03. The predicted octanol–water partition coefficient (Wildman–Crippen LogP) is 2.60. The topological polar surface area (TPSA) is 120 Å². The third kappa shape index (κ3) is 5.96. The van der Waals surface area contributed by atoms with Gasteiger partial charge in [-0.15, -0.1) is 0 Å². The Hall–Kier alpha value is -3.14. The number of amides is 2. The number of hydrogen-bond donors (Lipinski definition) is 2. The van der Waals surface area contributed by atoms with Gasteiger partial charge in [-0.25, -0.2) is 0 Å². The molecule has 27 heavy (non-hydrogen) atoms. The van der Waals surface area contributed by atoms with Crippen molar-refractivity contribution in [3.05, 3.63) is 62.6 Å². The molecule has 0 aliphatic rings. The van der Waals surface area contributed by atoms with Crippen LogP contribution in [0.4, 0.5) is 5.69 Å². The molecule has 0 spiro atoms. The number of nitro groups is 1. The number of non-ortho nitro benzene ring substituents is 1. The van der Waals surface area contributed by atoms with Crippen LogP contribution in [0, 0.1) is 10.1 Å². The summed E-state index contributed by atoms with van der Waals surface area (Å²) in [6.45, 7) is 1.80. The van der Waals surface area contributed by atoms with Crippen LogP contribution < -0.4 is 20.3 Å². The Labute approximate surface area is 162 Å². The summed E-state index contributed by atoms with van der Waals surface area (Å²) >= 11 is 3.28. The normalized spacial score (nSPS) is 10.0. The summed E-state index contributed by atoms with van der Waals surface area (Å²) in [5.41, 5.74) is 4.67. The summed E-state index contributed by atoms with van der Waals surface area (Å²) in [5, 5.41) is 10.6. The van der Waals surface area contributed by atoms with Crippen LogP contribution in [0.25, 0.3) is 0 Å². The van der Waals surface area contributed by atoms with Gasteiger partial charge in [0.2, 0.25) is 0 Å². The van der Waals surface area contributed by atoms with E-state index in [1.54, 1.807) is 25.1 Å².